The van der Waals surface area contributed by atoms with Gasteiger partial charge in [-0.1, -0.05) is 12.1 Å². The van der Waals surface area contributed by atoms with Gasteiger partial charge in [-0.2, -0.15) is 0 Å². The number of hydrogen-bond donors (Lipinski definition) is 2. The van der Waals surface area contributed by atoms with Crippen LogP contribution in [0, 0.1) is 5.92 Å². The van der Waals surface area contributed by atoms with E-state index in [2.05, 4.69) is 81.1 Å². The van der Waals surface area contributed by atoms with Crippen LogP contribution in [0.3, 0.4) is 0 Å². The normalized spacial score (nSPS) is 18.1. The van der Waals surface area contributed by atoms with Gasteiger partial charge in [-0.15, -0.1) is 0 Å². The number of nitrogens with one attached hydrogen (secondary N) is 2. The van der Waals surface area contributed by atoms with Crippen LogP contribution in [-0.2, 0) is 0 Å². The summed E-state index contributed by atoms with van der Waals surface area (Å²) in [6, 6.07) is 22.2. The molecule has 7 nitrogen and oxygen atoms in total. The van der Waals surface area contributed by atoms with Gasteiger partial charge in [-0.3, -0.25) is 0 Å². The minimum absolute atomic E-state index is 0.570. The van der Waals surface area contributed by atoms with E-state index in [9.17, 15) is 0 Å². The van der Waals surface area contributed by atoms with Crippen molar-refractivity contribution >= 4 is 33.8 Å². The number of nitrogens with zero attached hydrogens (tertiary/aromatic N) is 4. The second-order valence-corrected chi connectivity index (χ2v) is 12.4. The fourth-order valence-corrected chi connectivity index (χ4v) is 6.77. The van der Waals surface area contributed by atoms with Gasteiger partial charge >= 0.3 is 0 Å². The predicted molar refractivity (Wildman–Crippen MR) is 178 cm³/mol. The Morgan fingerprint density at radius 3 is 2.02 bits per heavy atom. The first kappa shape index (κ1) is 28.0. The summed E-state index contributed by atoms with van der Waals surface area (Å²) in [6.45, 7) is 7.41. The molecule has 4 heterocycles. The molecule has 7 rings (SSSR count). The molecule has 7 heteroatoms. The molecule has 2 N–H and O–H groups in total. The van der Waals surface area contributed by atoms with Crippen molar-refractivity contribution in [3.05, 3.63) is 66.9 Å². The van der Waals surface area contributed by atoms with Crippen LogP contribution >= 0.6 is 0 Å². The molecule has 0 amide bonds. The molecule has 3 saturated heterocycles. The van der Waals surface area contributed by atoms with E-state index in [1.165, 1.54) is 49.9 Å². The van der Waals surface area contributed by atoms with Crippen LogP contribution in [-0.4, -0.2) is 55.8 Å². The molecule has 3 aromatic carbocycles. The van der Waals surface area contributed by atoms with E-state index in [1.54, 1.807) is 6.20 Å². The Hall–Kier alpha value is -3.84. The Kier molecular flexibility index (Phi) is 8.59. The number of ether oxygens (including phenoxy) is 1. The minimum Gasteiger partial charge on any atom is -0.476 e. The van der Waals surface area contributed by atoms with E-state index in [4.69, 9.17) is 14.7 Å². The van der Waals surface area contributed by atoms with Gasteiger partial charge in [0.15, 0.2) is 0 Å². The highest BCUT2D eigenvalue weighted by molar-refractivity contribution is 5.92. The summed E-state index contributed by atoms with van der Waals surface area (Å²) < 4.78 is 6.14. The van der Waals surface area contributed by atoms with Crippen molar-refractivity contribution < 1.29 is 4.74 Å². The zero-order chi connectivity index (χ0) is 28.8. The number of anilines is 4. The van der Waals surface area contributed by atoms with Crippen molar-refractivity contribution in [1.82, 2.24) is 15.3 Å². The number of hydrogen-bond acceptors (Lipinski definition) is 7. The summed E-state index contributed by atoms with van der Waals surface area (Å²) in [5.41, 5.74) is 8.70. The van der Waals surface area contributed by atoms with Crippen LogP contribution in [0.25, 0.3) is 22.2 Å². The van der Waals surface area contributed by atoms with Gasteiger partial charge in [-0.25, -0.2) is 9.97 Å². The van der Waals surface area contributed by atoms with Crippen LogP contribution in [0.2, 0.25) is 0 Å². The standard InChI is InChI=1S/C36H44N6O/c1-3-19-41(20-4-1)30-11-7-28(8-12-30)32-23-35-34(38-25-36(40-35)43-26-27-15-17-37-18-16-27)24-33(32)39-29-9-13-31(14-10-29)42-21-5-2-6-22-42/h7-14,23-25,27,37,39H,1-6,15-22,26H2. The molecule has 0 atom stereocenters. The van der Waals surface area contributed by atoms with E-state index in [0.29, 0.717) is 18.4 Å². The quantitative estimate of drug-likeness (QED) is 0.227. The Bertz CT molecular complexity index is 1490. The van der Waals surface area contributed by atoms with Crippen LogP contribution in [0.15, 0.2) is 66.9 Å². The molecule has 3 aliphatic rings. The average Bonchev–Trinajstić information content (AvgIpc) is 3.09. The molecular formula is C36H44N6O. The maximum Gasteiger partial charge on any atom is 0.232 e. The first-order chi connectivity index (χ1) is 21.3. The molecular weight excluding hydrogens is 532 g/mol. The van der Waals surface area contributed by atoms with Gasteiger partial charge in [-0.05, 0) is 124 Å². The fraction of sp³-hybridized carbons (Fsp3) is 0.444. The lowest BCUT2D eigenvalue weighted by Crippen LogP contribution is -2.30. The minimum atomic E-state index is 0.570. The van der Waals surface area contributed by atoms with Gasteiger partial charge in [0.05, 0.1) is 23.8 Å². The Balaban J connectivity index is 1.17. The molecule has 4 aromatic rings. The van der Waals surface area contributed by atoms with Crippen LogP contribution in [0.5, 0.6) is 5.88 Å². The third kappa shape index (κ3) is 6.72. The second-order valence-electron chi connectivity index (χ2n) is 12.4. The highest BCUT2D eigenvalue weighted by atomic mass is 16.5. The molecule has 0 spiro atoms. The summed E-state index contributed by atoms with van der Waals surface area (Å²) in [5.74, 6) is 1.17. The molecule has 224 valence electrons. The average molecular weight is 577 g/mol. The van der Waals surface area contributed by atoms with E-state index in [1.807, 2.05) is 0 Å². The van der Waals surface area contributed by atoms with E-state index in [0.717, 1.165) is 85.6 Å². The van der Waals surface area contributed by atoms with Crippen molar-refractivity contribution in [1.29, 1.82) is 0 Å². The second kappa shape index (κ2) is 13.2. The van der Waals surface area contributed by atoms with Crippen LogP contribution in [0.4, 0.5) is 22.7 Å². The molecule has 3 aliphatic heterocycles. The Morgan fingerprint density at radius 1 is 0.744 bits per heavy atom. The van der Waals surface area contributed by atoms with Crippen LogP contribution < -0.4 is 25.2 Å². The highest BCUT2D eigenvalue weighted by Crippen LogP contribution is 2.36. The van der Waals surface area contributed by atoms with Crippen molar-refractivity contribution in [2.75, 3.05) is 61.0 Å². The summed E-state index contributed by atoms with van der Waals surface area (Å²) >= 11 is 0. The summed E-state index contributed by atoms with van der Waals surface area (Å²) in [7, 11) is 0. The number of fused-ring (bicyclic) bond motifs is 1. The van der Waals surface area contributed by atoms with Gasteiger partial charge < -0.3 is 25.2 Å². The monoisotopic (exact) mass is 576 g/mol. The van der Waals surface area contributed by atoms with Crippen molar-refractivity contribution in [3.63, 3.8) is 0 Å². The largest absolute Gasteiger partial charge is 0.476 e. The summed E-state index contributed by atoms with van der Waals surface area (Å²) in [6.07, 6.45) is 11.9. The maximum absolute atomic E-state index is 6.14. The van der Waals surface area contributed by atoms with Crippen molar-refractivity contribution in [2.24, 2.45) is 5.92 Å². The van der Waals surface area contributed by atoms with Crippen molar-refractivity contribution in [3.8, 4) is 17.0 Å². The van der Waals surface area contributed by atoms with Gasteiger partial charge in [0, 0.05) is 54.5 Å². The number of benzene rings is 3. The molecule has 0 aliphatic carbocycles. The first-order valence-electron chi connectivity index (χ1n) is 16.4. The lowest BCUT2D eigenvalue weighted by Gasteiger charge is -2.29. The third-order valence-corrected chi connectivity index (χ3v) is 9.35. The summed E-state index contributed by atoms with van der Waals surface area (Å²) in [4.78, 5) is 14.7. The number of rotatable bonds is 8. The van der Waals surface area contributed by atoms with Crippen molar-refractivity contribution in [2.45, 2.75) is 51.4 Å². The molecule has 0 bridgehead atoms. The number of aromatic nitrogens is 2. The van der Waals surface area contributed by atoms with Gasteiger partial charge in [0.1, 0.15) is 0 Å². The van der Waals surface area contributed by atoms with Crippen LogP contribution in [0.1, 0.15) is 51.4 Å². The smallest absolute Gasteiger partial charge is 0.232 e. The lowest BCUT2D eigenvalue weighted by atomic mass is 9.99. The first-order valence-corrected chi connectivity index (χ1v) is 16.4. The Labute approximate surface area is 255 Å². The molecule has 0 saturated carbocycles. The highest BCUT2D eigenvalue weighted by Gasteiger charge is 2.17. The third-order valence-electron chi connectivity index (χ3n) is 9.35. The molecule has 43 heavy (non-hydrogen) atoms. The molecule has 0 unspecified atom stereocenters. The topological polar surface area (TPSA) is 65.5 Å². The van der Waals surface area contributed by atoms with E-state index >= 15 is 0 Å². The van der Waals surface area contributed by atoms with Gasteiger partial charge in [0.2, 0.25) is 5.88 Å². The zero-order valence-corrected chi connectivity index (χ0v) is 25.2. The zero-order valence-electron chi connectivity index (χ0n) is 25.2. The lowest BCUT2D eigenvalue weighted by molar-refractivity contribution is 0.209. The Morgan fingerprint density at radius 2 is 1.37 bits per heavy atom. The maximum atomic E-state index is 6.14. The number of piperidine rings is 3. The SMILES string of the molecule is c1cc(N2CCCCC2)ccc1Nc1cc2ncc(OCC3CCNCC3)nc2cc1-c1ccc(N2CCCCC2)cc1. The van der Waals surface area contributed by atoms with E-state index < -0.39 is 0 Å². The molecule has 0 radical (unpaired) electrons. The van der Waals surface area contributed by atoms with Gasteiger partial charge in [0.25, 0.3) is 0 Å². The molecule has 1 aromatic heterocycles. The summed E-state index contributed by atoms with van der Waals surface area (Å²) in [5, 5.41) is 7.15. The van der Waals surface area contributed by atoms with E-state index in [-0.39, 0.29) is 0 Å². The predicted octanol–water partition coefficient (Wildman–Crippen LogP) is 7.40. The fourth-order valence-electron chi connectivity index (χ4n) is 6.77. The molecule has 3 fully saturated rings.